The van der Waals surface area contributed by atoms with Crippen LogP contribution in [0.4, 0.5) is 0 Å². The molecule has 3 aromatic rings. The van der Waals surface area contributed by atoms with Gasteiger partial charge in [-0.3, -0.25) is 4.79 Å². The molecule has 6 heteroatoms. The van der Waals surface area contributed by atoms with Crippen LogP contribution in [-0.4, -0.2) is 35.8 Å². The number of aromatic nitrogens is 1. The van der Waals surface area contributed by atoms with Gasteiger partial charge in [-0.2, -0.15) is 0 Å². The molecular formula is C22H24N2O3S. The molecule has 1 heterocycles. The summed E-state index contributed by atoms with van der Waals surface area (Å²) in [7, 11) is 1.34. The average Bonchev–Trinajstić information content (AvgIpc) is 3.11. The van der Waals surface area contributed by atoms with Crippen molar-refractivity contribution in [3.63, 3.8) is 0 Å². The Labute approximate surface area is 168 Å². The fraction of sp³-hybridized carbons (Fsp3) is 0.273. The van der Waals surface area contributed by atoms with Gasteiger partial charge in [0, 0.05) is 29.3 Å². The maximum absolute atomic E-state index is 12.4. The lowest BCUT2D eigenvalue weighted by molar-refractivity contribution is -0.144. The summed E-state index contributed by atoms with van der Waals surface area (Å²) in [4.78, 5) is 27.7. The predicted octanol–water partition coefficient (Wildman–Crippen LogP) is 3.61. The van der Waals surface area contributed by atoms with E-state index in [0.29, 0.717) is 6.42 Å². The van der Waals surface area contributed by atoms with Crippen molar-refractivity contribution in [2.24, 2.45) is 0 Å². The molecule has 5 nitrogen and oxygen atoms in total. The van der Waals surface area contributed by atoms with Gasteiger partial charge in [0.05, 0.1) is 12.9 Å². The van der Waals surface area contributed by atoms with E-state index in [4.69, 9.17) is 4.74 Å². The Balaban J connectivity index is 1.58. The molecule has 0 radical (unpaired) electrons. The summed E-state index contributed by atoms with van der Waals surface area (Å²) in [6.45, 7) is 2.05. The number of hydrogen-bond acceptors (Lipinski definition) is 4. The number of carbonyl (C=O) groups excluding carboxylic acids is 2. The van der Waals surface area contributed by atoms with Crippen LogP contribution >= 0.6 is 11.8 Å². The summed E-state index contributed by atoms with van der Waals surface area (Å²) < 4.78 is 4.89. The maximum Gasteiger partial charge on any atom is 0.328 e. The van der Waals surface area contributed by atoms with Crippen LogP contribution in [0.3, 0.4) is 0 Å². The van der Waals surface area contributed by atoms with Crippen LogP contribution in [0.25, 0.3) is 10.9 Å². The predicted molar refractivity (Wildman–Crippen MR) is 113 cm³/mol. The van der Waals surface area contributed by atoms with Crippen LogP contribution in [0.2, 0.25) is 0 Å². The Morgan fingerprint density at radius 3 is 2.64 bits per heavy atom. The minimum Gasteiger partial charge on any atom is -0.467 e. The average molecular weight is 397 g/mol. The third-order valence-corrected chi connectivity index (χ3v) is 5.55. The second-order valence-electron chi connectivity index (χ2n) is 6.69. The Hall–Kier alpha value is -2.73. The standard InChI is InChI=1S/C22H24N2O3S/c1-15-7-9-16(10-8-15)13-28-14-21(25)24-20(22(26)27-2)11-17-12-23-19-6-4-3-5-18(17)19/h3-10,12,20,23H,11,13-14H2,1-2H3,(H,24,25). The van der Waals surface area contributed by atoms with Crippen molar-refractivity contribution in [1.29, 1.82) is 0 Å². The minimum atomic E-state index is -0.711. The first-order valence-electron chi connectivity index (χ1n) is 9.12. The second-order valence-corrected chi connectivity index (χ2v) is 7.67. The first kappa shape index (κ1) is 20.0. The zero-order valence-electron chi connectivity index (χ0n) is 16.0. The van der Waals surface area contributed by atoms with Crippen LogP contribution in [0, 0.1) is 6.92 Å². The summed E-state index contributed by atoms with van der Waals surface area (Å²) in [6, 6.07) is 15.4. The molecule has 1 amide bonds. The zero-order chi connectivity index (χ0) is 19.9. The molecule has 2 N–H and O–H groups in total. The number of fused-ring (bicyclic) bond motifs is 1. The van der Waals surface area contributed by atoms with E-state index in [-0.39, 0.29) is 11.7 Å². The van der Waals surface area contributed by atoms with E-state index in [0.717, 1.165) is 22.2 Å². The van der Waals surface area contributed by atoms with Gasteiger partial charge in [-0.1, -0.05) is 48.0 Å². The first-order valence-corrected chi connectivity index (χ1v) is 10.3. The van der Waals surface area contributed by atoms with E-state index in [9.17, 15) is 9.59 Å². The summed E-state index contributed by atoms with van der Waals surface area (Å²) in [5.74, 6) is 0.420. The number of benzene rings is 2. The van der Waals surface area contributed by atoms with Crippen LogP contribution in [0.1, 0.15) is 16.7 Å². The lowest BCUT2D eigenvalue weighted by Crippen LogP contribution is -2.43. The molecule has 1 aromatic heterocycles. The molecule has 0 aliphatic carbocycles. The lowest BCUT2D eigenvalue weighted by Gasteiger charge is -2.16. The van der Waals surface area contributed by atoms with Crippen molar-refractivity contribution in [2.75, 3.05) is 12.9 Å². The van der Waals surface area contributed by atoms with Crippen LogP contribution in [0.5, 0.6) is 0 Å². The monoisotopic (exact) mass is 396 g/mol. The quantitative estimate of drug-likeness (QED) is 0.571. The lowest BCUT2D eigenvalue weighted by atomic mass is 10.0. The van der Waals surface area contributed by atoms with Crippen LogP contribution < -0.4 is 5.32 Å². The number of methoxy groups -OCH3 is 1. The van der Waals surface area contributed by atoms with Crippen molar-refractivity contribution in [1.82, 2.24) is 10.3 Å². The Bertz CT molecular complexity index is 950. The number of hydrogen-bond donors (Lipinski definition) is 2. The number of H-pyrrole nitrogens is 1. The van der Waals surface area contributed by atoms with E-state index in [2.05, 4.69) is 34.6 Å². The molecule has 28 heavy (non-hydrogen) atoms. The summed E-state index contributed by atoms with van der Waals surface area (Å²) in [5.41, 5.74) is 4.36. The van der Waals surface area contributed by atoms with Gasteiger partial charge in [-0.05, 0) is 24.1 Å². The van der Waals surface area contributed by atoms with E-state index < -0.39 is 12.0 Å². The second kappa shape index (κ2) is 9.46. The third-order valence-electron chi connectivity index (χ3n) is 4.54. The third kappa shape index (κ3) is 5.16. The first-order chi connectivity index (χ1) is 13.6. The molecule has 0 saturated carbocycles. The number of ether oxygens (including phenoxy) is 1. The Morgan fingerprint density at radius 1 is 1.14 bits per heavy atom. The number of para-hydroxylation sites is 1. The van der Waals surface area contributed by atoms with Gasteiger partial charge < -0.3 is 15.0 Å². The van der Waals surface area contributed by atoms with Crippen LogP contribution in [0.15, 0.2) is 54.7 Å². The molecule has 3 rings (SSSR count). The van der Waals surface area contributed by atoms with E-state index in [1.165, 1.54) is 30.0 Å². The van der Waals surface area contributed by atoms with E-state index >= 15 is 0 Å². The largest absolute Gasteiger partial charge is 0.467 e. The summed E-state index contributed by atoms with van der Waals surface area (Å²) in [5, 5.41) is 3.86. The number of aromatic amines is 1. The topological polar surface area (TPSA) is 71.2 Å². The molecular weight excluding hydrogens is 372 g/mol. The molecule has 0 spiro atoms. The van der Waals surface area contributed by atoms with E-state index in [1.807, 2.05) is 37.4 Å². The number of nitrogens with one attached hydrogen (secondary N) is 2. The van der Waals surface area contributed by atoms with Crippen LogP contribution in [-0.2, 0) is 26.5 Å². The molecule has 0 fully saturated rings. The fourth-order valence-corrected chi connectivity index (χ4v) is 3.84. The van der Waals surface area contributed by atoms with Gasteiger partial charge in [0.1, 0.15) is 6.04 Å². The van der Waals surface area contributed by atoms with Crippen molar-refractivity contribution in [2.45, 2.75) is 25.1 Å². The number of amides is 1. The fourth-order valence-electron chi connectivity index (χ4n) is 3.04. The molecule has 0 aliphatic rings. The van der Waals surface area contributed by atoms with Gasteiger partial charge in [0.15, 0.2) is 0 Å². The normalized spacial score (nSPS) is 11.9. The smallest absolute Gasteiger partial charge is 0.328 e. The van der Waals surface area contributed by atoms with Gasteiger partial charge >= 0.3 is 5.97 Å². The Morgan fingerprint density at radius 2 is 1.89 bits per heavy atom. The number of carbonyl (C=O) groups is 2. The SMILES string of the molecule is COC(=O)C(Cc1c[nH]c2ccccc12)NC(=O)CSCc1ccc(C)cc1. The highest BCUT2D eigenvalue weighted by Gasteiger charge is 2.23. The number of aryl methyl sites for hydroxylation is 1. The molecule has 1 unspecified atom stereocenters. The highest BCUT2D eigenvalue weighted by Crippen LogP contribution is 2.19. The number of rotatable bonds is 8. The molecule has 0 aliphatic heterocycles. The van der Waals surface area contributed by atoms with Gasteiger partial charge in [-0.25, -0.2) is 4.79 Å². The maximum atomic E-state index is 12.4. The van der Waals surface area contributed by atoms with Crippen molar-refractivity contribution in [3.05, 3.63) is 71.4 Å². The van der Waals surface area contributed by atoms with Crippen molar-refractivity contribution < 1.29 is 14.3 Å². The number of thioether (sulfide) groups is 1. The summed E-state index contributed by atoms with van der Waals surface area (Å²) >= 11 is 1.52. The van der Waals surface area contributed by atoms with Gasteiger partial charge in [-0.15, -0.1) is 11.8 Å². The van der Waals surface area contributed by atoms with Crippen molar-refractivity contribution >= 4 is 34.5 Å². The molecule has 146 valence electrons. The molecule has 1 atom stereocenters. The summed E-state index contributed by atoms with van der Waals surface area (Å²) in [6.07, 6.45) is 2.25. The minimum absolute atomic E-state index is 0.174. The highest BCUT2D eigenvalue weighted by molar-refractivity contribution is 7.99. The highest BCUT2D eigenvalue weighted by atomic mass is 32.2. The van der Waals surface area contributed by atoms with E-state index in [1.54, 1.807) is 0 Å². The molecule has 0 saturated heterocycles. The van der Waals surface area contributed by atoms with Gasteiger partial charge in [0.2, 0.25) is 5.91 Å². The molecule has 0 bridgehead atoms. The molecule has 2 aromatic carbocycles. The van der Waals surface area contributed by atoms with Crippen molar-refractivity contribution in [3.8, 4) is 0 Å². The number of esters is 1. The zero-order valence-corrected chi connectivity index (χ0v) is 16.8. The Kier molecular flexibility index (Phi) is 6.76. The van der Waals surface area contributed by atoms with Gasteiger partial charge in [0.25, 0.3) is 0 Å².